The van der Waals surface area contributed by atoms with E-state index in [4.69, 9.17) is 0 Å². The van der Waals surface area contributed by atoms with Crippen molar-refractivity contribution in [2.24, 2.45) is 0 Å². The summed E-state index contributed by atoms with van der Waals surface area (Å²) in [5.74, 6) is 0.836. The number of thioether (sulfide) groups is 1. The SMILES string of the molecule is CNC(C)c1cccc(F)c1N(C)C(C)CSC. The van der Waals surface area contributed by atoms with E-state index in [1.807, 2.05) is 32.0 Å². The number of nitrogens with one attached hydrogen (secondary N) is 1. The summed E-state index contributed by atoms with van der Waals surface area (Å²) in [5.41, 5.74) is 1.72. The summed E-state index contributed by atoms with van der Waals surface area (Å²) in [5, 5.41) is 3.18. The lowest BCUT2D eigenvalue weighted by Crippen LogP contribution is -2.33. The van der Waals surface area contributed by atoms with Crippen LogP contribution in [-0.4, -0.2) is 32.1 Å². The van der Waals surface area contributed by atoms with Crippen molar-refractivity contribution < 1.29 is 4.39 Å². The standard InChI is InChI=1S/C14H23FN2S/c1-10(9-18-5)17(4)14-12(11(2)16-3)7-6-8-13(14)15/h6-8,10-11,16H,9H2,1-5H3. The number of halogens is 1. The van der Waals surface area contributed by atoms with Gasteiger partial charge in [0.25, 0.3) is 0 Å². The van der Waals surface area contributed by atoms with Crippen molar-refractivity contribution in [3.05, 3.63) is 29.6 Å². The van der Waals surface area contributed by atoms with Crippen LogP contribution >= 0.6 is 11.8 Å². The highest BCUT2D eigenvalue weighted by molar-refractivity contribution is 7.98. The molecule has 0 saturated carbocycles. The van der Waals surface area contributed by atoms with Gasteiger partial charge in [-0.2, -0.15) is 11.8 Å². The molecule has 0 radical (unpaired) electrons. The molecule has 0 fully saturated rings. The zero-order valence-corrected chi connectivity index (χ0v) is 12.6. The van der Waals surface area contributed by atoms with Crippen LogP contribution in [0, 0.1) is 5.82 Å². The van der Waals surface area contributed by atoms with Gasteiger partial charge in [0.15, 0.2) is 0 Å². The van der Waals surface area contributed by atoms with Gasteiger partial charge in [-0.1, -0.05) is 12.1 Å². The number of hydrogen-bond acceptors (Lipinski definition) is 3. The second-order valence-corrected chi connectivity index (χ2v) is 5.51. The molecule has 0 amide bonds. The maximum Gasteiger partial charge on any atom is 0.146 e. The van der Waals surface area contributed by atoms with E-state index in [1.165, 1.54) is 6.07 Å². The van der Waals surface area contributed by atoms with Crippen LogP contribution in [0.2, 0.25) is 0 Å². The normalized spacial score (nSPS) is 14.3. The van der Waals surface area contributed by atoms with E-state index >= 15 is 0 Å². The van der Waals surface area contributed by atoms with Gasteiger partial charge >= 0.3 is 0 Å². The molecule has 18 heavy (non-hydrogen) atoms. The molecule has 0 aliphatic heterocycles. The summed E-state index contributed by atoms with van der Waals surface area (Å²) in [6.07, 6.45) is 2.07. The monoisotopic (exact) mass is 270 g/mol. The van der Waals surface area contributed by atoms with E-state index in [9.17, 15) is 4.39 Å². The number of para-hydroxylation sites is 1. The smallest absolute Gasteiger partial charge is 0.146 e. The van der Waals surface area contributed by atoms with Gasteiger partial charge in [0, 0.05) is 24.9 Å². The molecule has 0 aliphatic rings. The van der Waals surface area contributed by atoms with Gasteiger partial charge in [-0.25, -0.2) is 4.39 Å². The van der Waals surface area contributed by atoms with Crippen LogP contribution in [0.25, 0.3) is 0 Å². The Morgan fingerprint density at radius 3 is 2.61 bits per heavy atom. The third-order valence-corrected chi connectivity index (χ3v) is 4.15. The molecule has 0 aromatic heterocycles. The number of hydrogen-bond donors (Lipinski definition) is 1. The van der Waals surface area contributed by atoms with Crippen molar-refractivity contribution in [1.82, 2.24) is 5.32 Å². The van der Waals surface area contributed by atoms with Gasteiger partial charge in [0.1, 0.15) is 5.82 Å². The molecule has 2 atom stereocenters. The molecule has 0 aliphatic carbocycles. The maximum atomic E-state index is 14.1. The van der Waals surface area contributed by atoms with E-state index < -0.39 is 0 Å². The van der Waals surface area contributed by atoms with Gasteiger partial charge in [-0.15, -0.1) is 0 Å². The number of rotatable bonds is 6. The van der Waals surface area contributed by atoms with E-state index in [2.05, 4.69) is 18.5 Å². The molecule has 2 nitrogen and oxygen atoms in total. The van der Waals surface area contributed by atoms with Gasteiger partial charge in [0.2, 0.25) is 0 Å². The highest BCUT2D eigenvalue weighted by atomic mass is 32.2. The average Bonchev–Trinajstić information content (AvgIpc) is 2.37. The molecule has 4 heteroatoms. The van der Waals surface area contributed by atoms with Crippen LogP contribution in [-0.2, 0) is 0 Å². The second-order valence-electron chi connectivity index (χ2n) is 4.60. The zero-order valence-electron chi connectivity index (χ0n) is 11.8. The topological polar surface area (TPSA) is 15.3 Å². The molecule has 1 aromatic carbocycles. The Morgan fingerprint density at radius 2 is 2.06 bits per heavy atom. The number of anilines is 1. The van der Waals surface area contributed by atoms with Crippen LogP contribution in [0.15, 0.2) is 18.2 Å². The first-order chi connectivity index (χ1) is 8.52. The fourth-order valence-corrected chi connectivity index (χ4v) is 2.69. The Labute approximate surface area is 114 Å². The molecule has 0 heterocycles. The van der Waals surface area contributed by atoms with E-state index in [-0.39, 0.29) is 11.9 Å². The quantitative estimate of drug-likeness (QED) is 0.854. The molecule has 0 saturated heterocycles. The van der Waals surface area contributed by atoms with Gasteiger partial charge in [-0.05, 0) is 38.8 Å². The van der Waals surface area contributed by atoms with Crippen LogP contribution in [0.4, 0.5) is 10.1 Å². The van der Waals surface area contributed by atoms with Crippen LogP contribution in [0.5, 0.6) is 0 Å². The minimum atomic E-state index is -0.148. The Kier molecular flexibility index (Phi) is 5.96. The third kappa shape index (κ3) is 3.39. The van der Waals surface area contributed by atoms with Crippen molar-refractivity contribution in [2.45, 2.75) is 25.9 Å². The lowest BCUT2D eigenvalue weighted by atomic mass is 10.0. The summed E-state index contributed by atoms with van der Waals surface area (Å²) in [4.78, 5) is 2.04. The lowest BCUT2D eigenvalue weighted by Gasteiger charge is -2.30. The molecular formula is C14H23FN2S. The van der Waals surface area contributed by atoms with Crippen LogP contribution in [0.1, 0.15) is 25.5 Å². The second kappa shape index (κ2) is 7.00. The minimum absolute atomic E-state index is 0.139. The highest BCUT2D eigenvalue weighted by Crippen LogP contribution is 2.30. The molecule has 0 bridgehead atoms. The molecule has 102 valence electrons. The average molecular weight is 270 g/mol. The van der Waals surface area contributed by atoms with E-state index in [1.54, 1.807) is 17.8 Å². The first-order valence-electron chi connectivity index (χ1n) is 6.20. The fraction of sp³-hybridized carbons (Fsp3) is 0.571. The van der Waals surface area contributed by atoms with Gasteiger partial charge in [-0.3, -0.25) is 0 Å². The molecular weight excluding hydrogens is 247 g/mol. The van der Waals surface area contributed by atoms with Crippen molar-refractivity contribution in [3.8, 4) is 0 Å². The van der Waals surface area contributed by atoms with Gasteiger partial charge in [0.05, 0.1) is 5.69 Å². The first kappa shape index (κ1) is 15.3. The molecule has 1 aromatic rings. The molecule has 1 N–H and O–H groups in total. The van der Waals surface area contributed by atoms with Crippen LogP contribution < -0.4 is 10.2 Å². The molecule has 2 unspecified atom stereocenters. The summed E-state index contributed by atoms with van der Waals surface area (Å²) >= 11 is 1.78. The maximum absolute atomic E-state index is 14.1. The minimum Gasteiger partial charge on any atom is -0.368 e. The van der Waals surface area contributed by atoms with E-state index in [0.29, 0.717) is 11.7 Å². The summed E-state index contributed by atoms with van der Waals surface area (Å²) in [7, 11) is 3.86. The number of nitrogens with zero attached hydrogens (tertiary/aromatic N) is 1. The van der Waals surface area contributed by atoms with Crippen molar-refractivity contribution in [1.29, 1.82) is 0 Å². The summed E-state index contributed by atoms with van der Waals surface area (Å²) in [6.45, 7) is 4.17. The predicted molar refractivity (Wildman–Crippen MR) is 80.1 cm³/mol. The Bertz CT molecular complexity index is 384. The van der Waals surface area contributed by atoms with Crippen LogP contribution in [0.3, 0.4) is 0 Å². The highest BCUT2D eigenvalue weighted by Gasteiger charge is 2.19. The number of benzene rings is 1. The van der Waals surface area contributed by atoms with E-state index in [0.717, 1.165) is 11.3 Å². The van der Waals surface area contributed by atoms with Crippen molar-refractivity contribution in [2.75, 3.05) is 31.0 Å². The molecule has 0 spiro atoms. The summed E-state index contributed by atoms with van der Waals surface area (Å²) < 4.78 is 14.1. The Hall–Kier alpha value is -0.740. The fourth-order valence-electron chi connectivity index (χ4n) is 1.98. The predicted octanol–water partition coefficient (Wildman–Crippen LogP) is 3.29. The third-order valence-electron chi connectivity index (χ3n) is 3.34. The van der Waals surface area contributed by atoms with Crippen molar-refractivity contribution in [3.63, 3.8) is 0 Å². The Morgan fingerprint density at radius 1 is 1.39 bits per heavy atom. The lowest BCUT2D eigenvalue weighted by molar-refractivity contribution is 0.594. The largest absolute Gasteiger partial charge is 0.368 e. The zero-order chi connectivity index (χ0) is 13.7. The molecule has 1 rings (SSSR count). The van der Waals surface area contributed by atoms with Gasteiger partial charge < -0.3 is 10.2 Å². The van der Waals surface area contributed by atoms with Crippen molar-refractivity contribution >= 4 is 17.4 Å². The first-order valence-corrected chi connectivity index (χ1v) is 7.59. The summed E-state index contributed by atoms with van der Waals surface area (Å²) in [6, 6.07) is 5.74. The Balaban J connectivity index is 3.12.